The Kier molecular flexibility index (Phi) is 4.38. The summed E-state index contributed by atoms with van der Waals surface area (Å²) in [6.07, 6.45) is 0.928. The molecule has 0 heterocycles. The summed E-state index contributed by atoms with van der Waals surface area (Å²) in [5.41, 5.74) is 3.42. The summed E-state index contributed by atoms with van der Waals surface area (Å²) >= 11 is 0. The fourth-order valence-corrected chi connectivity index (χ4v) is 3.38. The molecule has 0 radical (unpaired) electrons. The first-order valence-corrected chi connectivity index (χ1v) is 8.17. The highest BCUT2D eigenvalue weighted by atomic mass is 16.5. The molecule has 2 aromatic carbocycles. The van der Waals surface area contributed by atoms with Crippen molar-refractivity contribution in [3.8, 4) is 11.1 Å². The van der Waals surface area contributed by atoms with Gasteiger partial charge in [-0.3, -0.25) is 4.79 Å². The van der Waals surface area contributed by atoms with Crippen LogP contribution in [0.5, 0.6) is 0 Å². The summed E-state index contributed by atoms with van der Waals surface area (Å²) in [6, 6.07) is 16.3. The SMILES string of the molecule is CCOC(=O)C1(NC(C)=O)Cc2ccc(-c3ccccc3)cc2C1. The monoisotopic (exact) mass is 323 g/mol. The fourth-order valence-electron chi connectivity index (χ4n) is 3.38. The zero-order valence-electron chi connectivity index (χ0n) is 14.0. The van der Waals surface area contributed by atoms with Crippen LogP contribution in [0, 0.1) is 0 Å². The molecule has 0 bridgehead atoms. The molecule has 3 rings (SSSR count). The van der Waals surface area contributed by atoms with E-state index < -0.39 is 5.54 Å². The van der Waals surface area contributed by atoms with Crippen molar-refractivity contribution in [1.82, 2.24) is 5.32 Å². The molecule has 2 aromatic rings. The second kappa shape index (κ2) is 6.48. The van der Waals surface area contributed by atoms with Crippen LogP contribution in [0.15, 0.2) is 48.5 Å². The molecule has 0 saturated heterocycles. The maximum absolute atomic E-state index is 12.5. The topological polar surface area (TPSA) is 55.4 Å². The van der Waals surface area contributed by atoms with E-state index in [4.69, 9.17) is 4.74 Å². The molecule has 1 atom stereocenters. The number of carbonyl (C=O) groups excluding carboxylic acids is 2. The Hall–Kier alpha value is -2.62. The number of carbonyl (C=O) groups is 2. The standard InChI is InChI=1S/C20H21NO3/c1-3-24-19(23)20(21-14(2)22)12-17-10-9-16(11-18(17)13-20)15-7-5-4-6-8-15/h4-11H,3,12-13H2,1-2H3,(H,21,22). The second-order valence-electron chi connectivity index (χ2n) is 6.19. The van der Waals surface area contributed by atoms with Gasteiger partial charge in [0.05, 0.1) is 6.61 Å². The number of amides is 1. The summed E-state index contributed by atoms with van der Waals surface area (Å²) in [5.74, 6) is -0.586. The Morgan fingerprint density at radius 1 is 1.04 bits per heavy atom. The predicted octanol–water partition coefficient (Wildman–Crippen LogP) is 2.89. The zero-order chi connectivity index (χ0) is 17.2. The number of hydrogen-bond acceptors (Lipinski definition) is 3. The second-order valence-corrected chi connectivity index (χ2v) is 6.19. The van der Waals surface area contributed by atoms with Crippen molar-refractivity contribution >= 4 is 11.9 Å². The number of hydrogen-bond donors (Lipinski definition) is 1. The van der Waals surface area contributed by atoms with Crippen molar-refractivity contribution in [2.75, 3.05) is 6.61 Å². The minimum atomic E-state index is -0.987. The van der Waals surface area contributed by atoms with E-state index >= 15 is 0 Å². The van der Waals surface area contributed by atoms with Gasteiger partial charge in [0.25, 0.3) is 0 Å². The zero-order valence-corrected chi connectivity index (χ0v) is 14.0. The van der Waals surface area contributed by atoms with Gasteiger partial charge in [0.2, 0.25) is 5.91 Å². The number of ether oxygens (including phenoxy) is 1. The molecule has 1 aliphatic carbocycles. The molecule has 24 heavy (non-hydrogen) atoms. The van der Waals surface area contributed by atoms with E-state index in [-0.39, 0.29) is 11.9 Å². The molecule has 124 valence electrons. The van der Waals surface area contributed by atoms with Crippen LogP contribution in [-0.4, -0.2) is 24.0 Å². The quantitative estimate of drug-likeness (QED) is 0.880. The van der Waals surface area contributed by atoms with Crippen LogP contribution < -0.4 is 5.32 Å². The molecule has 1 amide bonds. The van der Waals surface area contributed by atoms with Crippen LogP contribution in [0.4, 0.5) is 0 Å². The molecule has 0 aliphatic heterocycles. The summed E-state index contributed by atoms with van der Waals surface area (Å²) in [5, 5.41) is 2.83. The Bertz CT molecular complexity index is 770. The van der Waals surface area contributed by atoms with Gasteiger partial charge in [-0.1, -0.05) is 48.5 Å². The van der Waals surface area contributed by atoms with Crippen molar-refractivity contribution in [3.05, 3.63) is 59.7 Å². The molecular formula is C20H21NO3. The van der Waals surface area contributed by atoms with E-state index in [0.717, 1.165) is 22.3 Å². The highest BCUT2D eigenvalue weighted by molar-refractivity contribution is 5.89. The van der Waals surface area contributed by atoms with E-state index in [1.807, 2.05) is 24.3 Å². The van der Waals surface area contributed by atoms with Gasteiger partial charge in [-0.05, 0) is 29.2 Å². The molecule has 0 saturated carbocycles. The third-order valence-electron chi connectivity index (χ3n) is 4.38. The molecule has 0 fully saturated rings. The Morgan fingerprint density at radius 2 is 1.75 bits per heavy atom. The van der Waals surface area contributed by atoms with E-state index in [9.17, 15) is 9.59 Å². The average molecular weight is 323 g/mol. The fraction of sp³-hybridized carbons (Fsp3) is 0.300. The third-order valence-corrected chi connectivity index (χ3v) is 4.38. The maximum atomic E-state index is 12.5. The lowest BCUT2D eigenvalue weighted by atomic mass is 9.95. The number of rotatable bonds is 4. The van der Waals surface area contributed by atoms with Crippen molar-refractivity contribution in [2.45, 2.75) is 32.2 Å². The molecular weight excluding hydrogens is 302 g/mol. The van der Waals surface area contributed by atoms with E-state index in [0.29, 0.717) is 19.4 Å². The van der Waals surface area contributed by atoms with E-state index in [1.54, 1.807) is 6.92 Å². The van der Waals surface area contributed by atoms with Crippen LogP contribution in [-0.2, 0) is 27.2 Å². The number of esters is 1. The highest BCUT2D eigenvalue weighted by Crippen LogP contribution is 2.34. The first kappa shape index (κ1) is 16.2. The normalized spacial score (nSPS) is 18.8. The first-order chi connectivity index (χ1) is 11.5. The minimum absolute atomic E-state index is 0.223. The Balaban J connectivity index is 1.94. The van der Waals surface area contributed by atoms with Gasteiger partial charge in [0.1, 0.15) is 5.54 Å². The molecule has 1 unspecified atom stereocenters. The minimum Gasteiger partial charge on any atom is -0.464 e. The lowest BCUT2D eigenvalue weighted by molar-refractivity contribution is -0.152. The van der Waals surface area contributed by atoms with E-state index in [1.165, 1.54) is 6.92 Å². The van der Waals surface area contributed by atoms with Crippen molar-refractivity contribution in [3.63, 3.8) is 0 Å². The molecule has 4 heteroatoms. The Labute approximate surface area is 141 Å². The lowest BCUT2D eigenvalue weighted by Crippen LogP contribution is -2.55. The van der Waals surface area contributed by atoms with Crippen LogP contribution >= 0.6 is 0 Å². The van der Waals surface area contributed by atoms with Gasteiger partial charge in [-0.25, -0.2) is 4.79 Å². The van der Waals surface area contributed by atoms with Gasteiger partial charge >= 0.3 is 5.97 Å². The predicted molar refractivity (Wildman–Crippen MR) is 92.5 cm³/mol. The number of fused-ring (bicyclic) bond motifs is 1. The van der Waals surface area contributed by atoms with Gasteiger partial charge < -0.3 is 10.1 Å². The van der Waals surface area contributed by atoms with Crippen LogP contribution in [0.2, 0.25) is 0 Å². The number of benzene rings is 2. The van der Waals surface area contributed by atoms with Gasteiger partial charge in [0, 0.05) is 19.8 Å². The van der Waals surface area contributed by atoms with E-state index in [2.05, 4.69) is 29.6 Å². The summed E-state index contributed by atoms with van der Waals surface area (Å²) in [7, 11) is 0. The van der Waals surface area contributed by atoms with Crippen molar-refractivity contribution in [2.24, 2.45) is 0 Å². The Morgan fingerprint density at radius 3 is 2.42 bits per heavy atom. The van der Waals surface area contributed by atoms with Crippen LogP contribution in [0.1, 0.15) is 25.0 Å². The lowest BCUT2D eigenvalue weighted by Gasteiger charge is -2.27. The maximum Gasteiger partial charge on any atom is 0.332 e. The first-order valence-electron chi connectivity index (χ1n) is 8.17. The molecule has 1 aliphatic rings. The summed E-state index contributed by atoms with van der Waals surface area (Å²) < 4.78 is 5.22. The van der Waals surface area contributed by atoms with Gasteiger partial charge in [0.15, 0.2) is 0 Å². The smallest absolute Gasteiger partial charge is 0.332 e. The number of nitrogens with one attached hydrogen (secondary N) is 1. The van der Waals surface area contributed by atoms with Crippen molar-refractivity contribution in [1.29, 1.82) is 0 Å². The van der Waals surface area contributed by atoms with Gasteiger partial charge in [-0.2, -0.15) is 0 Å². The largest absolute Gasteiger partial charge is 0.464 e. The average Bonchev–Trinajstić information content (AvgIpc) is 2.93. The van der Waals surface area contributed by atoms with Crippen LogP contribution in [0.25, 0.3) is 11.1 Å². The highest BCUT2D eigenvalue weighted by Gasteiger charge is 2.46. The molecule has 1 N–H and O–H groups in total. The third kappa shape index (κ3) is 3.04. The molecule has 4 nitrogen and oxygen atoms in total. The summed E-state index contributed by atoms with van der Waals surface area (Å²) in [4.78, 5) is 24.1. The molecule has 0 aromatic heterocycles. The van der Waals surface area contributed by atoms with Crippen LogP contribution in [0.3, 0.4) is 0 Å². The summed E-state index contributed by atoms with van der Waals surface area (Å²) in [6.45, 7) is 3.50. The molecule has 0 spiro atoms. The van der Waals surface area contributed by atoms with Crippen molar-refractivity contribution < 1.29 is 14.3 Å². The van der Waals surface area contributed by atoms with Gasteiger partial charge in [-0.15, -0.1) is 0 Å².